The molecule has 3 aromatic rings. The molecular formula is C15H11F2N5O2. The molecule has 7 nitrogen and oxygen atoms in total. The van der Waals surface area contributed by atoms with Crippen LogP contribution in [-0.2, 0) is 0 Å². The van der Waals surface area contributed by atoms with E-state index in [1.54, 1.807) is 13.0 Å². The molecule has 1 amide bonds. The largest absolute Gasteiger partial charge is 0.360 e. The highest BCUT2D eigenvalue weighted by Crippen LogP contribution is 2.18. The lowest BCUT2D eigenvalue weighted by Gasteiger charge is -2.07. The van der Waals surface area contributed by atoms with Crippen molar-refractivity contribution in [1.82, 2.24) is 15.1 Å². The molecule has 0 unspecified atom stereocenters. The maximum atomic E-state index is 13.6. The summed E-state index contributed by atoms with van der Waals surface area (Å²) in [7, 11) is 0. The van der Waals surface area contributed by atoms with Crippen molar-refractivity contribution < 1.29 is 18.1 Å². The zero-order valence-corrected chi connectivity index (χ0v) is 12.4. The Labute approximate surface area is 134 Å². The van der Waals surface area contributed by atoms with Crippen molar-refractivity contribution in [3.05, 3.63) is 59.6 Å². The highest BCUT2D eigenvalue weighted by Gasteiger charge is 2.12. The van der Waals surface area contributed by atoms with Gasteiger partial charge in [-0.25, -0.2) is 18.7 Å². The van der Waals surface area contributed by atoms with E-state index in [-0.39, 0.29) is 23.1 Å². The molecule has 0 radical (unpaired) electrons. The minimum Gasteiger partial charge on any atom is -0.360 e. The van der Waals surface area contributed by atoms with E-state index in [1.807, 2.05) is 0 Å². The van der Waals surface area contributed by atoms with E-state index in [4.69, 9.17) is 4.52 Å². The molecule has 9 heteroatoms. The predicted molar refractivity (Wildman–Crippen MR) is 80.9 cm³/mol. The first kappa shape index (κ1) is 15.5. The molecule has 0 saturated heterocycles. The number of aryl methyl sites for hydroxylation is 1. The summed E-state index contributed by atoms with van der Waals surface area (Å²) in [5, 5.41) is 8.73. The average Bonchev–Trinajstić information content (AvgIpc) is 2.95. The quantitative estimate of drug-likeness (QED) is 0.763. The third-order valence-electron chi connectivity index (χ3n) is 2.94. The van der Waals surface area contributed by atoms with Crippen LogP contribution in [0.3, 0.4) is 0 Å². The summed E-state index contributed by atoms with van der Waals surface area (Å²) in [4.78, 5) is 20.0. The second-order valence-corrected chi connectivity index (χ2v) is 4.79. The molecule has 0 fully saturated rings. The summed E-state index contributed by atoms with van der Waals surface area (Å²) in [6.45, 7) is 1.69. The van der Waals surface area contributed by atoms with Crippen LogP contribution in [0.2, 0.25) is 0 Å². The SMILES string of the molecule is Cc1cc(NC(=O)c2ccnc(Nc3ccc(F)cc3F)n2)no1. The van der Waals surface area contributed by atoms with Crippen molar-refractivity contribution >= 4 is 23.4 Å². The Hall–Kier alpha value is -3.36. The summed E-state index contributed by atoms with van der Waals surface area (Å²) >= 11 is 0. The number of rotatable bonds is 4. The fourth-order valence-corrected chi connectivity index (χ4v) is 1.86. The van der Waals surface area contributed by atoms with Crippen LogP contribution in [0, 0.1) is 18.6 Å². The van der Waals surface area contributed by atoms with Gasteiger partial charge in [-0.2, -0.15) is 0 Å². The van der Waals surface area contributed by atoms with Gasteiger partial charge in [0.05, 0.1) is 5.69 Å². The van der Waals surface area contributed by atoms with Gasteiger partial charge in [0.15, 0.2) is 5.82 Å². The van der Waals surface area contributed by atoms with Gasteiger partial charge in [-0.15, -0.1) is 0 Å². The second kappa shape index (κ2) is 6.41. The Morgan fingerprint density at radius 3 is 2.75 bits per heavy atom. The Kier molecular flexibility index (Phi) is 4.15. The van der Waals surface area contributed by atoms with Crippen LogP contribution >= 0.6 is 0 Å². The number of carbonyl (C=O) groups excluding carboxylic acids is 1. The molecule has 0 bridgehead atoms. The number of anilines is 3. The lowest BCUT2D eigenvalue weighted by atomic mass is 10.3. The first-order chi connectivity index (χ1) is 11.5. The zero-order valence-electron chi connectivity index (χ0n) is 12.4. The minimum atomic E-state index is -0.800. The van der Waals surface area contributed by atoms with Gasteiger partial charge in [0.2, 0.25) is 5.95 Å². The normalized spacial score (nSPS) is 10.5. The maximum Gasteiger partial charge on any atom is 0.275 e. The molecular weight excluding hydrogens is 320 g/mol. The lowest BCUT2D eigenvalue weighted by molar-refractivity contribution is 0.102. The summed E-state index contributed by atoms with van der Waals surface area (Å²) < 4.78 is 31.4. The Bertz CT molecular complexity index is 897. The van der Waals surface area contributed by atoms with Gasteiger partial charge in [0.25, 0.3) is 5.91 Å². The number of benzene rings is 1. The molecule has 2 aromatic heterocycles. The Balaban J connectivity index is 1.77. The molecule has 0 aliphatic rings. The van der Waals surface area contributed by atoms with Gasteiger partial charge in [0.1, 0.15) is 23.1 Å². The van der Waals surface area contributed by atoms with Crippen molar-refractivity contribution in [2.24, 2.45) is 0 Å². The van der Waals surface area contributed by atoms with E-state index in [9.17, 15) is 13.6 Å². The highest BCUT2D eigenvalue weighted by molar-refractivity contribution is 6.02. The summed E-state index contributed by atoms with van der Waals surface area (Å²) in [5.41, 5.74) is 0.0248. The Morgan fingerprint density at radius 2 is 2.04 bits per heavy atom. The van der Waals surface area contributed by atoms with E-state index < -0.39 is 17.5 Å². The fraction of sp³-hybridized carbons (Fsp3) is 0.0667. The maximum absolute atomic E-state index is 13.6. The van der Waals surface area contributed by atoms with Crippen molar-refractivity contribution in [1.29, 1.82) is 0 Å². The van der Waals surface area contributed by atoms with Crippen molar-refractivity contribution in [3.8, 4) is 0 Å². The number of halogens is 2. The van der Waals surface area contributed by atoms with Crippen molar-refractivity contribution in [3.63, 3.8) is 0 Å². The third-order valence-corrected chi connectivity index (χ3v) is 2.94. The first-order valence-corrected chi connectivity index (χ1v) is 6.81. The van der Waals surface area contributed by atoms with Crippen LogP contribution in [0.15, 0.2) is 41.1 Å². The second-order valence-electron chi connectivity index (χ2n) is 4.79. The summed E-state index contributed by atoms with van der Waals surface area (Å²) in [5.74, 6) is -1.25. The van der Waals surface area contributed by atoms with E-state index in [2.05, 4.69) is 25.8 Å². The van der Waals surface area contributed by atoms with E-state index >= 15 is 0 Å². The molecule has 2 heterocycles. The number of hydrogen-bond acceptors (Lipinski definition) is 6. The van der Waals surface area contributed by atoms with Gasteiger partial charge in [-0.05, 0) is 25.1 Å². The van der Waals surface area contributed by atoms with Gasteiger partial charge in [-0.3, -0.25) is 4.79 Å². The van der Waals surface area contributed by atoms with Crippen molar-refractivity contribution in [2.75, 3.05) is 10.6 Å². The number of nitrogens with one attached hydrogen (secondary N) is 2. The number of nitrogens with zero attached hydrogens (tertiary/aromatic N) is 3. The van der Waals surface area contributed by atoms with Crippen LogP contribution in [0.1, 0.15) is 16.2 Å². The zero-order chi connectivity index (χ0) is 17.1. The summed E-state index contributed by atoms with van der Waals surface area (Å²) in [6, 6.07) is 5.96. The van der Waals surface area contributed by atoms with Crippen LogP contribution in [0.4, 0.5) is 26.2 Å². The predicted octanol–water partition coefficient (Wildman–Crippen LogP) is 3.05. The van der Waals surface area contributed by atoms with Crippen molar-refractivity contribution in [2.45, 2.75) is 6.92 Å². The minimum absolute atomic E-state index is 0.00973. The van der Waals surface area contributed by atoms with E-state index in [1.165, 1.54) is 18.3 Å². The third kappa shape index (κ3) is 3.51. The van der Waals surface area contributed by atoms with E-state index in [0.717, 1.165) is 12.1 Å². The number of carbonyl (C=O) groups is 1. The lowest BCUT2D eigenvalue weighted by Crippen LogP contribution is -2.15. The first-order valence-electron chi connectivity index (χ1n) is 6.81. The molecule has 0 aliphatic heterocycles. The molecule has 3 rings (SSSR count). The van der Waals surface area contributed by atoms with Crippen LogP contribution in [-0.4, -0.2) is 21.0 Å². The molecule has 2 N–H and O–H groups in total. The van der Waals surface area contributed by atoms with Crippen LogP contribution in [0.25, 0.3) is 0 Å². The van der Waals surface area contributed by atoms with Crippen LogP contribution in [0.5, 0.6) is 0 Å². The smallest absolute Gasteiger partial charge is 0.275 e. The molecule has 1 aromatic carbocycles. The number of aromatic nitrogens is 3. The topological polar surface area (TPSA) is 92.9 Å². The van der Waals surface area contributed by atoms with Gasteiger partial charge < -0.3 is 15.2 Å². The Morgan fingerprint density at radius 1 is 1.21 bits per heavy atom. The highest BCUT2D eigenvalue weighted by atomic mass is 19.1. The van der Waals surface area contributed by atoms with Gasteiger partial charge in [0, 0.05) is 18.3 Å². The molecule has 0 atom stereocenters. The standard InChI is InChI=1S/C15H11F2N5O2/c1-8-6-13(22-24-8)21-14(23)12-4-5-18-15(20-12)19-11-3-2-9(16)7-10(11)17/h2-7H,1H3,(H,18,19,20)(H,21,22,23). The van der Waals surface area contributed by atoms with Gasteiger partial charge in [-0.1, -0.05) is 5.16 Å². The van der Waals surface area contributed by atoms with E-state index in [0.29, 0.717) is 5.76 Å². The molecule has 0 spiro atoms. The monoisotopic (exact) mass is 331 g/mol. The molecule has 24 heavy (non-hydrogen) atoms. The fourth-order valence-electron chi connectivity index (χ4n) is 1.86. The van der Waals surface area contributed by atoms with Gasteiger partial charge >= 0.3 is 0 Å². The molecule has 0 saturated carbocycles. The number of hydrogen-bond donors (Lipinski definition) is 2. The molecule has 0 aliphatic carbocycles. The van der Waals surface area contributed by atoms with Crippen LogP contribution < -0.4 is 10.6 Å². The number of amides is 1. The average molecular weight is 331 g/mol. The summed E-state index contributed by atoms with van der Waals surface area (Å²) in [6.07, 6.45) is 1.33. The molecule has 122 valence electrons.